The molecule has 0 atom stereocenters. The van der Waals surface area contributed by atoms with Gasteiger partial charge in [0.1, 0.15) is 0 Å². The van der Waals surface area contributed by atoms with E-state index in [-0.39, 0.29) is 5.91 Å². The Morgan fingerprint density at radius 1 is 1.13 bits per heavy atom. The molecule has 2 heterocycles. The summed E-state index contributed by atoms with van der Waals surface area (Å²) in [6.45, 7) is 3.90. The molecule has 30 heavy (non-hydrogen) atoms. The quantitative estimate of drug-likeness (QED) is 0.397. The molecule has 7 heteroatoms. The molecule has 0 bridgehead atoms. The third-order valence-electron chi connectivity index (χ3n) is 4.76. The highest BCUT2D eigenvalue weighted by Gasteiger charge is 2.25. The summed E-state index contributed by atoms with van der Waals surface area (Å²) in [7, 11) is 4.05. The van der Waals surface area contributed by atoms with Crippen LogP contribution in [0.25, 0.3) is 21.2 Å². The predicted octanol–water partition coefficient (Wildman–Crippen LogP) is 5.04. The summed E-state index contributed by atoms with van der Waals surface area (Å²) in [6, 6.07) is 15.4. The van der Waals surface area contributed by atoms with Crippen LogP contribution in [0.2, 0.25) is 0 Å². The minimum atomic E-state index is -0.188. The van der Waals surface area contributed by atoms with Gasteiger partial charge in [-0.3, -0.25) is 9.69 Å². The molecular weight excluding hydrogens is 398 g/mol. The first-order valence-corrected chi connectivity index (χ1v) is 10.9. The predicted molar refractivity (Wildman–Crippen MR) is 122 cm³/mol. The van der Waals surface area contributed by atoms with Crippen molar-refractivity contribution in [3.8, 4) is 5.75 Å². The molecule has 0 saturated carbocycles. The van der Waals surface area contributed by atoms with Crippen LogP contribution in [0.1, 0.15) is 23.9 Å². The summed E-state index contributed by atoms with van der Waals surface area (Å²) in [5.41, 5.74) is 1.49. The number of anilines is 1. The van der Waals surface area contributed by atoms with Crippen molar-refractivity contribution in [2.24, 2.45) is 0 Å². The van der Waals surface area contributed by atoms with Crippen molar-refractivity contribution in [1.29, 1.82) is 0 Å². The van der Waals surface area contributed by atoms with Gasteiger partial charge in [0.15, 0.2) is 22.2 Å². The number of furan rings is 1. The maximum absolute atomic E-state index is 13.5. The van der Waals surface area contributed by atoms with Crippen molar-refractivity contribution in [3.63, 3.8) is 0 Å². The van der Waals surface area contributed by atoms with Crippen molar-refractivity contribution in [1.82, 2.24) is 9.88 Å². The van der Waals surface area contributed by atoms with Crippen LogP contribution < -0.4 is 9.64 Å². The molecule has 0 saturated heterocycles. The SMILES string of the molecule is CCOc1cccc2cc(C(=O)N(CCCN(C)C)c3nc4ccccc4s3)oc12. The second-order valence-electron chi connectivity index (χ2n) is 7.30. The molecule has 4 aromatic rings. The van der Waals surface area contributed by atoms with E-state index in [1.807, 2.05) is 63.5 Å². The van der Waals surface area contributed by atoms with Gasteiger partial charge in [-0.05, 0) is 58.3 Å². The zero-order valence-corrected chi connectivity index (χ0v) is 18.2. The molecule has 2 aromatic carbocycles. The molecule has 0 aliphatic rings. The van der Waals surface area contributed by atoms with Gasteiger partial charge in [0.2, 0.25) is 0 Å². The Balaban J connectivity index is 1.69. The minimum Gasteiger partial charge on any atom is -0.490 e. The number of benzene rings is 2. The maximum Gasteiger partial charge on any atom is 0.295 e. The molecular formula is C23H25N3O3S. The van der Waals surface area contributed by atoms with Crippen molar-refractivity contribution < 1.29 is 13.9 Å². The summed E-state index contributed by atoms with van der Waals surface area (Å²) >= 11 is 1.52. The molecule has 0 unspecified atom stereocenters. The molecule has 0 fully saturated rings. The Morgan fingerprint density at radius 2 is 1.97 bits per heavy atom. The molecule has 0 N–H and O–H groups in total. The third kappa shape index (κ3) is 4.17. The van der Waals surface area contributed by atoms with E-state index in [1.165, 1.54) is 11.3 Å². The normalized spacial score (nSPS) is 11.5. The zero-order chi connectivity index (χ0) is 21.1. The number of aromatic nitrogens is 1. The lowest BCUT2D eigenvalue weighted by molar-refractivity contribution is 0.0961. The number of amides is 1. The van der Waals surface area contributed by atoms with Crippen molar-refractivity contribution in [3.05, 3.63) is 54.3 Å². The van der Waals surface area contributed by atoms with Crippen molar-refractivity contribution in [2.45, 2.75) is 13.3 Å². The molecule has 4 rings (SSSR count). The Morgan fingerprint density at radius 3 is 2.73 bits per heavy atom. The molecule has 0 aliphatic heterocycles. The van der Waals surface area contributed by atoms with E-state index in [2.05, 4.69) is 4.90 Å². The van der Waals surface area contributed by atoms with Gasteiger partial charge in [0, 0.05) is 11.9 Å². The summed E-state index contributed by atoms with van der Waals surface area (Å²) in [6.07, 6.45) is 0.832. The molecule has 0 aliphatic carbocycles. The average molecular weight is 424 g/mol. The Hall–Kier alpha value is -2.90. The average Bonchev–Trinajstić information content (AvgIpc) is 3.35. The van der Waals surface area contributed by atoms with Crippen LogP contribution in [-0.4, -0.2) is 49.6 Å². The molecule has 2 aromatic heterocycles. The first-order valence-electron chi connectivity index (χ1n) is 10.0. The summed E-state index contributed by atoms with van der Waals surface area (Å²) in [5.74, 6) is 0.751. The molecule has 0 radical (unpaired) electrons. The first kappa shape index (κ1) is 20.4. The summed E-state index contributed by atoms with van der Waals surface area (Å²) in [4.78, 5) is 22.0. The van der Waals surface area contributed by atoms with Gasteiger partial charge < -0.3 is 14.1 Å². The number of para-hydroxylation sites is 2. The highest BCUT2D eigenvalue weighted by atomic mass is 32.1. The minimum absolute atomic E-state index is 0.188. The van der Waals surface area contributed by atoms with E-state index >= 15 is 0 Å². The molecule has 6 nitrogen and oxygen atoms in total. The van der Waals surface area contributed by atoms with Crippen LogP contribution >= 0.6 is 11.3 Å². The smallest absolute Gasteiger partial charge is 0.295 e. The van der Waals surface area contributed by atoms with Gasteiger partial charge in [0.25, 0.3) is 5.91 Å². The van der Waals surface area contributed by atoms with Gasteiger partial charge >= 0.3 is 0 Å². The van der Waals surface area contributed by atoms with E-state index < -0.39 is 0 Å². The van der Waals surface area contributed by atoms with E-state index in [0.29, 0.717) is 35.4 Å². The fourth-order valence-electron chi connectivity index (χ4n) is 3.35. The lowest BCUT2D eigenvalue weighted by Gasteiger charge is -2.19. The Bertz CT molecular complexity index is 1130. The van der Waals surface area contributed by atoms with E-state index in [1.54, 1.807) is 11.0 Å². The second kappa shape index (κ2) is 8.85. The topological polar surface area (TPSA) is 58.8 Å². The number of nitrogens with zero attached hydrogens (tertiary/aromatic N) is 3. The summed E-state index contributed by atoms with van der Waals surface area (Å²) < 4.78 is 12.7. The van der Waals surface area contributed by atoms with Crippen LogP contribution in [0.15, 0.2) is 52.9 Å². The van der Waals surface area contributed by atoms with Gasteiger partial charge in [-0.1, -0.05) is 35.6 Å². The highest BCUT2D eigenvalue weighted by molar-refractivity contribution is 7.22. The second-order valence-corrected chi connectivity index (χ2v) is 8.31. The van der Waals surface area contributed by atoms with E-state index in [9.17, 15) is 4.79 Å². The fourth-order valence-corrected chi connectivity index (χ4v) is 4.34. The number of carbonyl (C=O) groups is 1. The first-order chi connectivity index (χ1) is 14.6. The number of hydrogen-bond donors (Lipinski definition) is 0. The van der Waals surface area contributed by atoms with Crippen LogP contribution in [0, 0.1) is 0 Å². The monoisotopic (exact) mass is 423 g/mol. The van der Waals surface area contributed by atoms with Crippen LogP contribution in [-0.2, 0) is 0 Å². The number of rotatable bonds is 8. The van der Waals surface area contributed by atoms with Gasteiger partial charge in [-0.2, -0.15) is 0 Å². The van der Waals surface area contributed by atoms with Gasteiger partial charge in [-0.15, -0.1) is 0 Å². The van der Waals surface area contributed by atoms with E-state index in [4.69, 9.17) is 14.1 Å². The van der Waals surface area contributed by atoms with E-state index in [0.717, 1.165) is 28.6 Å². The maximum atomic E-state index is 13.5. The lowest BCUT2D eigenvalue weighted by Crippen LogP contribution is -2.33. The molecule has 1 amide bonds. The standard InChI is InChI=1S/C23H25N3O3S/c1-4-28-18-11-7-9-16-15-19(29-21(16)18)22(27)26(14-8-13-25(2)3)23-24-17-10-5-6-12-20(17)30-23/h5-7,9-12,15H,4,8,13-14H2,1-3H3. The van der Waals surface area contributed by atoms with Crippen molar-refractivity contribution in [2.75, 3.05) is 38.7 Å². The lowest BCUT2D eigenvalue weighted by atomic mass is 10.2. The van der Waals surface area contributed by atoms with Crippen LogP contribution in [0.5, 0.6) is 5.75 Å². The number of hydrogen-bond acceptors (Lipinski definition) is 6. The number of fused-ring (bicyclic) bond motifs is 2. The number of ether oxygens (including phenoxy) is 1. The molecule has 156 valence electrons. The number of thiazole rings is 1. The zero-order valence-electron chi connectivity index (χ0n) is 17.4. The van der Waals surface area contributed by atoms with Crippen LogP contribution in [0.4, 0.5) is 5.13 Å². The molecule has 0 spiro atoms. The van der Waals surface area contributed by atoms with Crippen molar-refractivity contribution >= 4 is 43.6 Å². The third-order valence-corrected chi connectivity index (χ3v) is 5.82. The largest absolute Gasteiger partial charge is 0.490 e. The summed E-state index contributed by atoms with van der Waals surface area (Å²) in [5, 5.41) is 1.53. The van der Waals surface area contributed by atoms with Crippen LogP contribution in [0.3, 0.4) is 0 Å². The van der Waals surface area contributed by atoms with Gasteiger partial charge in [0.05, 0.1) is 16.8 Å². The Kier molecular flexibility index (Phi) is 6.01. The highest BCUT2D eigenvalue weighted by Crippen LogP contribution is 2.32. The number of carbonyl (C=O) groups excluding carboxylic acids is 1. The Labute approximate surface area is 179 Å². The fraction of sp³-hybridized carbons (Fsp3) is 0.304. The van der Waals surface area contributed by atoms with Gasteiger partial charge in [-0.25, -0.2) is 4.98 Å².